The SMILES string of the molecule is CCCNc1ccccc1C(=O)NC1CCCCCCC1. The molecule has 116 valence electrons. The van der Waals surface area contributed by atoms with E-state index in [4.69, 9.17) is 0 Å². The molecule has 1 aliphatic rings. The van der Waals surface area contributed by atoms with Crippen molar-refractivity contribution in [1.29, 1.82) is 0 Å². The lowest BCUT2D eigenvalue weighted by Gasteiger charge is -2.22. The summed E-state index contributed by atoms with van der Waals surface area (Å²) in [5, 5.41) is 6.58. The van der Waals surface area contributed by atoms with Crippen molar-refractivity contribution in [1.82, 2.24) is 5.32 Å². The van der Waals surface area contributed by atoms with E-state index in [1.54, 1.807) is 0 Å². The molecule has 2 N–H and O–H groups in total. The van der Waals surface area contributed by atoms with Crippen LogP contribution in [0.3, 0.4) is 0 Å². The minimum atomic E-state index is 0.0692. The first-order chi connectivity index (χ1) is 10.3. The second-order valence-corrected chi connectivity index (χ2v) is 5.99. The molecule has 0 bridgehead atoms. The molecular formula is C18H28N2O. The maximum Gasteiger partial charge on any atom is 0.253 e. The van der Waals surface area contributed by atoms with Crippen LogP contribution in [0.5, 0.6) is 0 Å². The maximum atomic E-state index is 12.5. The molecule has 0 saturated heterocycles. The zero-order chi connectivity index (χ0) is 14.9. The first-order valence-corrected chi connectivity index (χ1v) is 8.45. The Morgan fingerprint density at radius 2 is 1.76 bits per heavy atom. The quantitative estimate of drug-likeness (QED) is 0.845. The summed E-state index contributed by atoms with van der Waals surface area (Å²) in [6.45, 7) is 3.03. The Kier molecular flexibility index (Phi) is 6.58. The maximum absolute atomic E-state index is 12.5. The van der Waals surface area contributed by atoms with Crippen LogP contribution in [-0.4, -0.2) is 18.5 Å². The predicted molar refractivity (Wildman–Crippen MR) is 88.8 cm³/mol. The molecule has 0 atom stereocenters. The molecule has 1 fully saturated rings. The molecule has 3 nitrogen and oxygen atoms in total. The van der Waals surface area contributed by atoms with E-state index >= 15 is 0 Å². The van der Waals surface area contributed by atoms with Gasteiger partial charge in [0.1, 0.15) is 0 Å². The average Bonchev–Trinajstić information content (AvgIpc) is 2.48. The fraction of sp³-hybridized carbons (Fsp3) is 0.611. The van der Waals surface area contributed by atoms with E-state index in [-0.39, 0.29) is 5.91 Å². The summed E-state index contributed by atoms with van der Waals surface area (Å²) >= 11 is 0. The Morgan fingerprint density at radius 1 is 1.10 bits per heavy atom. The highest BCUT2D eigenvalue weighted by atomic mass is 16.1. The fourth-order valence-corrected chi connectivity index (χ4v) is 2.96. The van der Waals surface area contributed by atoms with Crippen LogP contribution in [0.25, 0.3) is 0 Å². The number of amides is 1. The number of carbonyl (C=O) groups is 1. The third kappa shape index (κ3) is 5.07. The van der Waals surface area contributed by atoms with Crippen LogP contribution >= 0.6 is 0 Å². The van der Waals surface area contributed by atoms with Crippen molar-refractivity contribution < 1.29 is 4.79 Å². The van der Waals surface area contributed by atoms with Crippen molar-refractivity contribution in [2.75, 3.05) is 11.9 Å². The molecule has 1 aromatic rings. The Hall–Kier alpha value is -1.51. The minimum Gasteiger partial charge on any atom is -0.384 e. The summed E-state index contributed by atoms with van der Waals surface area (Å²) in [7, 11) is 0. The lowest BCUT2D eigenvalue weighted by Crippen LogP contribution is -2.35. The first kappa shape index (κ1) is 15.9. The zero-order valence-corrected chi connectivity index (χ0v) is 13.2. The fourth-order valence-electron chi connectivity index (χ4n) is 2.96. The van der Waals surface area contributed by atoms with Crippen molar-refractivity contribution in [3.63, 3.8) is 0 Å². The van der Waals surface area contributed by atoms with Crippen molar-refractivity contribution in [3.05, 3.63) is 29.8 Å². The number of rotatable bonds is 5. The highest BCUT2D eigenvalue weighted by Gasteiger charge is 2.17. The van der Waals surface area contributed by atoms with Gasteiger partial charge in [0.05, 0.1) is 5.56 Å². The summed E-state index contributed by atoms with van der Waals surface area (Å²) in [5.41, 5.74) is 1.72. The summed E-state index contributed by atoms with van der Waals surface area (Å²) in [4.78, 5) is 12.5. The molecule has 0 heterocycles. The van der Waals surface area contributed by atoms with Crippen LogP contribution in [0, 0.1) is 0 Å². The van der Waals surface area contributed by atoms with Crippen molar-refractivity contribution in [2.24, 2.45) is 0 Å². The van der Waals surface area contributed by atoms with Gasteiger partial charge in [0.2, 0.25) is 0 Å². The second-order valence-electron chi connectivity index (χ2n) is 5.99. The van der Waals surface area contributed by atoms with Crippen LogP contribution in [0.15, 0.2) is 24.3 Å². The molecule has 1 saturated carbocycles. The van der Waals surface area contributed by atoms with Gasteiger partial charge in [-0.25, -0.2) is 0 Å². The Labute approximate surface area is 128 Å². The van der Waals surface area contributed by atoms with Crippen LogP contribution in [0.1, 0.15) is 68.6 Å². The van der Waals surface area contributed by atoms with E-state index in [2.05, 4.69) is 17.6 Å². The van der Waals surface area contributed by atoms with Crippen LogP contribution in [0.4, 0.5) is 5.69 Å². The van der Waals surface area contributed by atoms with E-state index in [1.807, 2.05) is 24.3 Å². The molecule has 0 aliphatic heterocycles. The standard InChI is InChI=1S/C18H28N2O/c1-2-14-19-17-13-9-8-12-16(17)18(21)20-15-10-6-4-3-5-7-11-15/h8-9,12-13,15,19H,2-7,10-11,14H2,1H3,(H,20,21). The molecule has 0 aromatic heterocycles. The van der Waals surface area contributed by atoms with Crippen LogP contribution in [0.2, 0.25) is 0 Å². The minimum absolute atomic E-state index is 0.0692. The van der Waals surface area contributed by atoms with Gasteiger partial charge in [-0.3, -0.25) is 4.79 Å². The van der Waals surface area contributed by atoms with E-state index < -0.39 is 0 Å². The molecule has 21 heavy (non-hydrogen) atoms. The molecule has 3 heteroatoms. The number of para-hydroxylation sites is 1. The predicted octanol–water partition coefficient (Wildman–Crippen LogP) is 4.35. The van der Waals surface area contributed by atoms with Gasteiger partial charge >= 0.3 is 0 Å². The first-order valence-electron chi connectivity index (χ1n) is 8.45. The lowest BCUT2D eigenvalue weighted by molar-refractivity contribution is 0.0931. The normalized spacial score (nSPS) is 16.8. The molecule has 1 aromatic carbocycles. The monoisotopic (exact) mass is 288 g/mol. The topological polar surface area (TPSA) is 41.1 Å². The number of benzene rings is 1. The third-order valence-electron chi connectivity index (χ3n) is 4.18. The second kappa shape index (κ2) is 8.71. The Bertz CT molecular complexity index is 437. The Balaban J connectivity index is 1.98. The van der Waals surface area contributed by atoms with Gasteiger partial charge in [-0.2, -0.15) is 0 Å². The molecule has 0 spiro atoms. The van der Waals surface area contributed by atoms with Gasteiger partial charge in [-0.1, -0.05) is 51.2 Å². The average molecular weight is 288 g/mol. The molecule has 0 unspecified atom stereocenters. The van der Waals surface area contributed by atoms with Gasteiger partial charge in [-0.05, 0) is 31.4 Å². The van der Waals surface area contributed by atoms with E-state index in [0.29, 0.717) is 6.04 Å². The number of hydrogen-bond acceptors (Lipinski definition) is 2. The number of hydrogen-bond donors (Lipinski definition) is 2. The number of carbonyl (C=O) groups excluding carboxylic acids is 1. The van der Waals surface area contributed by atoms with E-state index in [0.717, 1.165) is 37.1 Å². The third-order valence-corrected chi connectivity index (χ3v) is 4.18. The summed E-state index contributed by atoms with van der Waals surface area (Å²) in [6, 6.07) is 8.16. The van der Waals surface area contributed by atoms with E-state index in [1.165, 1.54) is 32.1 Å². The highest BCUT2D eigenvalue weighted by molar-refractivity contribution is 5.99. The summed E-state index contributed by atoms with van der Waals surface area (Å²) in [5.74, 6) is 0.0692. The van der Waals surface area contributed by atoms with Crippen molar-refractivity contribution in [2.45, 2.75) is 64.3 Å². The molecule has 0 radical (unpaired) electrons. The number of nitrogens with one attached hydrogen (secondary N) is 2. The Morgan fingerprint density at radius 3 is 2.48 bits per heavy atom. The van der Waals surface area contributed by atoms with Gasteiger partial charge in [0, 0.05) is 18.3 Å². The van der Waals surface area contributed by atoms with Crippen molar-refractivity contribution >= 4 is 11.6 Å². The lowest BCUT2D eigenvalue weighted by atomic mass is 9.96. The molecule has 2 rings (SSSR count). The zero-order valence-electron chi connectivity index (χ0n) is 13.2. The number of anilines is 1. The van der Waals surface area contributed by atoms with Crippen molar-refractivity contribution in [3.8, 4) is 0 Å². The highest BCUT2D eigenvalue weighted by Crippen LogP contribution is 2.19. The van der Waals surface area contributed by atoms with Gasteiger partial charge < -0.3 is 10.6 Å². The smallest absolute Gasteiger partial charge is 0.253 e. The molecular weight excluding hydrogens is 260 g/mol. The van der Waals surface area contributed by atoms with Gasteiger partial charge in [0.15, 0.2) is 0 Å². The van der Waals surface area contributed by atoms with Crippen LogP contribution in [-0.2, 0) is 0 Å². The largest absolute Gasteiger partial charge is 0.384 e. The van der Waals surface area contributed by atoms with Crippen LogP contribution < -0.4 is 10.6 Å². The molecule has 1 aliphatic carbocycles. The summed E-state index contributed by atoms with van der Waals surface area (Å²) < 4.78 is 0. The van der Waals surface area contributed by atoms with E-state index in [9.17, 15) is 4.79 Å². The summed E-state index contributed by atoms with van der Waals surface area (Å²) in [6.07, 6.45) is 9.74. The van der Waals surface area contributed by atoms with Gasteiger partial charge in [0.25, 0.3) is 5.91 Å². The molecule has 1 amide bonds. The van der Waals surface area contributed by atoms with Gasteiger partial charge in [-0.15, -0.1) is 0 Å².